The van der Waals surface area contributed by atoms with E-state index in [0.29, 0.717) is 27.0 Å². The van der Waals surface area contributed by atoms with Gasteiger partial charge in [0.1, 0.15) is 0 Å². The summed E-state index contributed by atoms with van der Waals surface area (Å²) in [6, 6.07) is 10.4. The zero-order chi connectivity index (χ0) is 17.3. The van der Waals surface area contributed by atoms with Crippen LogP contribution in [0.15, 0.2) is 41.4 Å². The van der Waals surface area contributed by atoms with Crippen molar-refractivity contribution in [1.82, 2.24) is 4.57 Å². The molecular weight excluding hydrogens is 363 g/mol. The molecule has 1 aromatic heterocycles. The van der Waals surface area contributed by atoms with Crippen molar-refractivity contribution in [3.8, 4) is 12.3 Å². The second-order valence-electron chi connectivity index (χ2n) is 5.12. The van der Waals surface area contributed by atoms with Crippen molar-refractivity contribution in [3.05, 3.63) is 62.4 Å². The van der Waals surface area contributed by atoms with Crippen LogP contribution >= 0.6 is 34.5 Å². The highest BCUT2D eigenvalue weighted by Crippen LogP contribution is 2.27. The Bertz CT molecular complexity index is 1060. The van der Waals surface area contributed by atoms with Gasteiger partial charge in [0.25, 0.3) is 5.91 Å². The molecule has 1 amide bonds. The maximum absolute atomic E-state index is 12.4. The van der Waals surface area contributed by atoms with Gasteiger partial charge < -0.3 is 4.57 Å². The predicted octanol–water partition coefficient (Wildman–Crippen LogP) is 4.69. The van der Waals surface area contributed by atoms with E-state index in [9.17, 15) is 4.79 Å². The van der Waals surface area contributed by atoms with Gasteiger partial charge >= 0.3 is 0 Å². The van der Waals surface area contributed by atoms with Crippen LogP contribution in [0.2, 0.25) is 10.0 Å². The Kier molecular flexibility index (Phi) is 4.77. The fourth-order valence-corrected chi connectivity index (χ4v) is 3.84. The maximum atomic E-state index is 12.4. The summed E-state index contributed by atoms with van der Waals surface area (Å²) in [4.78, 5) is 17.2. The fraction of sp³-hybridized carbons (Fsp3) is 0.111. The Hall–Kier alpha value is -2.06. The fourth-order valence-electron chi connectivity index (χ4n) is 2.41. The quantitative estimate of drug-likeness (QED) is 0.599. The number of rotatable bonds is 2. The van der Waals surface area contributed by atoms with Crippen molar-refractivity contribution in [2.45, 2.75) is 13.5 Å². The molecule has 3 rings (SSSR count). The molecule has 120 valence electrons. The lowest BCUT2D eigenvalue weighted by molar-refractivity contribution is 0.0998. The number of halogens is 2. The van der Waals surface area contributed by atoms with E-state index in [-0.39, 0.29) is 5.91 Å². The molecule has 0 aliphatic carbocycles. The van der Waals surface area contributed by atoms with E-state index < -0.39 is 0 Å². The predicted molar refractivity (Wildman–Crippen MR) is 99.7 cm³/mol. The van der Waals surface area contributed by atoms with Gasteiger partial charge in [0.15, 0.2) is 4.80 Å². The third kappa shape index (κ3) is 3.11. The Morgan fingerprint density at radius 1 is 1.33 bits per heavy atom. The summed E-state index contributed by atoms with van der Waals surface area (Å²) in [6.07, 6.45) is 5.49. The van der Waals surface area contributed by atoms with Crippen LogP contribution in [-0.2, 0) is 6.54 Å². The van der Waals surface area contributed by atoms with Gasteiger partial charge in [-0.25, -0.2) is 0 Å². The van der Waals surface area contributed by atoms with Gasteiger partial charge in [-0.3, -0.25) is 4.79 Å². The maximum Gasteiger partial charge on any atom is 0.279 e. The molecule has 0 atom stereocenters. The highest BCUT2D eigenvalue weighted by molar-refractivity contribution is 7.16. The molecule has 0 bridgehead atoms. The first-order valence-electron chi connectivity index (χ1n) is 7.08. The van der Waals surface area contributed by atoms with Crippen LogP contribution in [0.25, 0.3) is 10.2 Å². The van der Waals surface area contributed by atoms with Crippen molar-refractivity contribution < 1.29 is 4.79 Å². The molecule has 0 unspecified atom stereocenters. The van der Waals surface area contributed by atoms with Crippen LogP contribution in [0.4, 0.5) is 0 Å². The molecule has 0 fully saturated rings. The highest BCUT2D eigenvalue weighted by atomic mass is 35.5. The topological polar surface area (TPSA) is 34.4 Å². The standard InChI is InChI=1S/C18H12Cl2N2OS/c1-3-9-22-16-11(2)14(20)7-8-15(16)24-18(22)21-17(23)12-5-4-6-13(19)10-12/h1,4-8,10H,9H2,2H3. The average Bonchev–Trinajstić information content (AvgIpc) is 2.90. The molecule has 24 heavy (non-hydrogen) atoms. The summed E-state index contributed by atoms with van der Waals surface area (Å²) >= 11 is 13.6. The Labute approximate surface area is 153 Å². The van der Waals surface area contributed by atoms with E-state index in [0.717, 1.165) is 15.8 Å². The zero-order valence-corrected chi connectivity index (χ0v) is 15.0. The minimum absolute atomic E-state index is 0.308. The number of hydrogen-bond acceptors (Lipinski definition) is 2. The van der Waals surface area contributed by atoms with Crippen molar-refractivity contribution >= 4 is 50.7 Å². The smallest absolute Gasteiger partial charge is 0.279 e. The summed E-state index contributed by atoms with van der Waals surface area (Å²) < 4.78 is 2.81. The van der Waals surface area contributed by atoms with E-state index >= 15 is 0 Å². The Morgan fingerprint density at radius 3 is 2.83 bits per heavy atom. The molecule has 6 heteroatoms. The second kappa shape index (κ2) is 6.82. The largest absolute Gasteiger partial charge is 0.304 e. The molecule has 3 nitrogen and oxygen atoms in total. The van der Waals surface area contributed by atoms with Crippen molar-refractivity contribution in [2.75, 3.05) is 0 Å². The van der Waals surface area contributed by atoms with E-state index in [1.165, 1.54) is 11.3 Å². The number of thiazole rings is 1. The number of aryl methyl sites for hydroxylation is 1. The summed E-state index contributed by atoms with van der Waals surface area (Å²) in [5, 5.41) is 1.14. The number of carbonyl (C=O) groups is 1. The monoisotopic (exact) mass is 374 g/mol. The van der Waals surface area contributed by atoms with E-state index in [1.807, 2.05) is 23.6 Å². The lowest BCUT2D eigenvalue weighted by Gasteiger charge is -2.04. The Morgan fingerprint density at radius 2 is 2.12 bits per heavy atom. The molecule has 1 heterocycles. The van der Waals surface area contributed by atoms with Crippen LogP contribution in [0.3, 0.4) is 0 Å². The molecule has 2 aromatic carbocycles. The summed E-state index contributed by atoms with van der Waals surface area (Å²) in [5.74, 6) is 2.24. The molecule has 0 aliphatic heterocycles. The third-order valence-electron chi connectivity index (χ3n) is 3.55. The first-order chi connectivity index (χ1) is 11.5. The minimum Gasteiger partial charge on any atom is -0.304 e. The highest BCUT2D eigenvalue weighted by Gasteiger charge is 2.12. The molecule has 0 spiro atoms. The number of terminal acetylenes is 1. The van der Waals surface area contributed by atoms with Gasteiger partial charge in [-0.1, -0.05) is 46.5 Å². The normalized spacial score (nSPS) is 11.7. The molecule has 0 saturated heterocycles. The van der Waals surface area contributed by atoms with E-state index in [2.05, 4.69) is 10.9 Å². The van der Waals surface area contributed by atoms with Crippen LogP contribution in [0, 0.1) is 19.3 Å². The van der Waals surface area contributed by atoms with E-state index in [1.54, 1.807) is 24.3 Å². The number of benzene rings is 2. The lowest BCUT2D eigenvalue weighted by Crippen LogP contribution is -2.17. The third-order valence-corrected chi connectivity index (χ3v) is 5.24. The lowest BCUT2D eigenvalue weighted by atomic mass is 10.2. The second-order valence-corrected chi connectivity index (χ2v) is 6.97. The number of hydrogen-bond donors (Lipinski definition) is 0. The van der Waals surface area contributed by atoms with Gasteiger partial charge in [0.2, 0.25) is 0 Å². The van der Waals surface area contributed by atoms with Gasteiger partial charge in [-0.15, -0.1) is 6.42 Å². The molecule has 0 aliphatic rings. The SMILES string of the molecule is C#CCn1c(=NC(=O)c2cccc(Cl)c2)sc2ccc(Cl)c(C)c21. The summed E-state index contributed by atoms with van der Waals surface area (Å²) in [7, 11) is 0. The molecule has 0 saturated carbocycles. The number of carbonyl (C=O) groups excluding carboxylic acids is 1. The number of nitrogens with zero attached hydrogens (tertiary/aromatic N) is 2. The van der Waals surface area contributed by atoms with Gasteiger partial charge in [0, 0.05) is 15.6 Å². The van der Waals surface area contributed by atoms with Gasteiger partial charge in [0.05, 0.1) is 16.8 Å². The molecule has 3 aromatic rings. The number of amides is 1. The van der Waals surface area contributed by atoms with Gasteiger partial charge in [-0.2, -0.15) is 4.99 Å². The molecule has 0 radical (unpaired) electrons. The van der Waals surface area contributed by atoms with Crippen LogP contribution in [-0.4, -0.2) is 10.5 Å². The molecule has 0 N–H and O–H groups in total. The van der Waals surface area contributed by atoms with Gasteiger partial charge in [-0.05, 0) is 42.8 Å². The van der Waals surface area contributed by atoms with E-state index in [4.69, 9.17) is 29.6 Å². The average molecular weight is 375 g/mol. The first-order valence-corrected chi connectivity index (χ1v) is 8.65. The first kappa shape index (κ1) is 16.8. The summed E-state index contributed by atoms with van der Waals surface area (Å²) in [6.45, 7) is 2.23. The van der Waals surface area contributed by atoms with Crippen molar-refractivity contribution in [2.24, 2.45) is 4.99 Å². The molecular formula is C18H12Cl2N2OS. The number of aromatic nitrogens is 1. The van der Waals surface area contributed by atoms with Crippen LogP contribution < -0.4 is 4.80 Å². The minimum atomic E-state index is -0.362. The number of fused-ring (bicyclic) bond motifs is 1. The van der Waals surface area contributed by atoms with Crippen molar-refractivity contribution in [3.63, 3.8) is 0 Å². The Balaban J connectivity index is 2.22. The van der Waals surface area contributed by atoms with Crippen LogP contribution in [0.1, 0.15) is 15.9 Å². The summed E-state index contributed by atoms with van der Waals surface area (Å²) in [5.41, 5.74) is 2.25. The zero-order valence-electron chi connectivity index (χ0n) is 12.7. The van der Waals surface area contributed by atoms with Crippen molar-refractivity contribution in [1.29, 1.82) is 0 Å². The van der Waals surface area contributed by atoms with Crippen LogP contribution in [0.5, 0.6) is 0 Å².